The summed E-state index contributed by atoms with van der Waals surface area (Å²) in [5, 5.41) is 6.62. The Bertz CT molecular complexity index is 617. The lowest BCUT2D eigenvalue weighted by molar-refractivity contribution is -0.127. The maximum Gasteiger partial charge on any atom is 0.243 e. The molecule has 1 aromatic heterocycles. The number of carbonyl (C=O) groups excluding carboxylic acids is 1. The van der Waals surface area contributed by atoms with Crippen LogP contribution in [0.15, 0.2) is 15.6 Å². The number of hydrogen-bond donors (Lipinski definition) is 2. The largest absolute Gasteiger partial charge is 0.443 e. The topological polar surface area (TPSA) is 82.8 Å². The van der Waals surface area contributed by atoms with Crippen LogP contribution in [0.1, 0.15) is 72.0 Å². The Balaban J connectivity index is 2.72. The molecule has 0 bridgehead atoms. The van der Waals surface area contributed by atoms with Crippen LogP contribution >= 0.6 is 0 Å². The molecule has 0 aliphatic rings. The van der Waals surface area contributed by atoms with Crippen molar-refractivity contribution >= 4 is 11.9 Å². The molecule has 1 unspecified atom stereocenters. The molecule has 7 heteroatoms. The molecule has 0 aliphatic heterocycles. The van der Waals surface area contributed by atoms with Crippen molar-refractivity contribution in [1.82, 2.24) is 20.5 Å². The van der Waals surface area contributed by atoms with Gasteiger partial charge < -0.3 is 20.0 Å². The standard InChI is InChI=1S/C21H39N5O2/c1-8-10-11-16(9-2)12-23-20(25-15-19(27)26(6)7)24-14-18-22-13-17(28-18)21(3,4)5/h13,16H,8-12,14-15H2,1-7H3,(H2,23,24,25). The zero-order valence-electron chi connectivity index (χ0n) is 18.8. The first-order valence-corrected chi connectivity index (χ1v) is 10.3. The van der Waals surface area contributed by atoms with Gasteiger partial charge >= 0.3 is 0 Å². The van der Waals surface area contributed by atoms with Crippen molar-refractivity contribution in [1.29, 1.82) is 0 Å². The van der Waals surface area contributed by atoms with Crippen LogP contribution in [0.5, 0.6) is 0 Å². The second-order valence-electron chi connectivity index (χ2n) is 8.47. The Labute approximate surface area is 170 Å². The van der Waals surface area contributed by atoms with Gasteiger partial charge in [-0.3, -0.25) is 4.79 Å². The third-order valence-corrected chi connectivity index (χ3v) is 4.67. The molecular formula is C21H39N5O2. The van der Waals surface area contributed by atoms with Crippen LogP contribution < -0.4 is 10.6 Å². The lowest BCUT2D eigenvalue weighted by Crippen LogP contribution is -2.40. The Hall–Kier alpha value is -2.05. The highest BCUT2D eigenvalue weighted by Gasteiger charge is 2.19. The summed E-state index contributed by atoms with van der Waals surface area (Å²) in [5.41, 5.74) is -0.0772. The number of rotatable bonds is 10. The van der Waals surface area contributed by atoms with Gasteiger partial charge in [-0.2, -0.15) is 0 Å². The van der Waals surface area contributed by atoms with Crippen LogP contribution in [-0.4, -0.2) is 48.9 Å². The van der Waals surface area contributed by atoms with Crippen molar-refractivity contribution in [2.75, 3.05) is 27.2 Å². The predicted molar refractivity (Wildman–Crippen MR) is 114 cm³/mol. The summed E-state index contributed by atoms with van der Waals surface area (Å²) in [6.07, 6.45) is 6.51. The van der Waals surface area contributed by atoms with Gasteiger partial charge in [0.1, 0.15) is 12.3 Å². The Morgan fingerprint density at radius 3 is 2.54 bits per heavy atom. The highest BCUT2D eigenvalue weighted by Crippen LogP contribution is 2.22. The van der Waals surface area contributed by atoms with Crippen molar-refractivity contribution in [3.05, 3.63) is 17.8 Å². The summed E-state index contributed by atoms with van der Waals surface area (Å²) >= 11 is 0. The van der Waals surface area contributed by atoms with Gasteiger partial charge in [0.25, 0.3) is 0 Å². The number of nitrogens with one attached hydrogen (secondary N) is 2. The van der Waals surface area contributed by atoms with Crippen molar-refractivity contribution in [3.63, 3.8) is 0 Å². The number of amides is 1. The van der Waals surface area contributed by atoms with Crippen molar-refractivity contribution in [2.45, 2.75) is 72.3 Å². The smallest absolute Gasteiger partial charge is 0.243 e. The number of aliphatic imine (C=N–C) groups is 1. The second-order valence-corrected chi connectivity index (χ2v) is 8.47. The van der Waals surface area contributed by atoms with Gasteiger partial charge in [-0.25, -0.2) is 9.98 Å². The monoisotopic (exact) mass is 393 g/mol. The van der Waals surface area contributed by atoms with Crippen LogP contribution in [0.25, 0.3) is 0 Å². The SMILES string of the molecule is CCCCC(CC)CNC(=NCC(=O)N(C)C)NCc1ncc(C(C)(C)C)o1. The number of unbranched alkanes of at least 4 members (excludes halogenated alkanes) is 1. The third-order valence-electron chi connectivity index (χ3n) is 4.67. The zero-order valence-corrected chi connectivity index (χ0v) is 18.8. The fourth-order valence-corrected chi connectivity index (χ4v) is 2.54. The molecule has 1 atom stereocenters. The third kappa shape index (κ3) is 8.76. The molecular weight excluding hydrogens is 354 g/mol. The summed E-state index contributed by atoms with van der Waals surface area (Å²) in [4.78, 5) is 22.2. The Morgan fingerprint density at radius 2 is 2.00 bits per heavy atom. The van der Waals surface area contributed by atoms with Gasteiger partial charge in [0.05, 0.1) is 12.7 Å². The predicted octanol–water partition coefficient (Wildman–Crippen LogP) is 3.31. The van der Waals surface area contributed by atoms with Gasteiger partial charge in [-0.1, -0.05) is 53.9 Å². The molecule has 0 aromatic carbocycles. The molecule has 28 heavy (non-hydrogen) atoms. The van der Waals surface area contributed by atoms with E-state index in [4.69, 9.17) is 4.42 Å². The molecule has 2 N–H and O–H groups in total. The van der Waals surface area contributed by atoms with Crippen LogP contribution in [0.2, 0.25) is 0 Å². The number of nitrogens with zero attached hydrogens (tertiary/aromatic N) is 3. The number of guanidine groups is 1. The number of hydrogen-bond acceptors (Lipinski definition) is 4. The average molecular weight is 394 g/mol. The van der Waals surface area contributed by atoms with E-state index in [2.05, 4.69) is 55.2 Å². The molecule has 160 valence electrons. The number of carbonyl (C=O) groups is 1. The number of aromatic nitrogens is 1. The van der Waals surface area contributed by atoms with E-state index in [-0.39, 0.29) is 17.9 Å². The van der Waals surface area contributed by atoms with E-state index in [0.717, 1.165) is 18.7 Å². The molecule has 0 saturated heterocycles. The van der Waals surface area contributed by atoms with Crippen molar-refractivity contribution < 1.29 is 9.21 Å². The van der Waals surface area contributed by atoms with Gasteiger partial charge in [0, 0.05) is 26.1 Å². The highest BCUT2D eigenvalue weighted by atomic mass is 16.4. The molecule has 1 heterocycles. The van der Waals surface area contributed by atoms with Crippen LogP contribution in [-0.2, 0) is 16.8 Å². The molecule has 7 nitrogen and oxygen atoms in total. The first-order chi connectivity index (χ1) is 13.2. The summed E-state index contributed by atoms with van der Waals surface area (Å²) < 4.78 is 5.83. The molecule has 1 aromatic rings. The van der Waals surface area contributed by atoms with Crippen LogP contribution in [0, 0.1) is 5.92 Å². The maximum atomic E-state index is 11.9. The lowest BCUT2D eigenvalue weighted by atomic mass is 9.94. The molecule has 1 amide bonds. The fraction of sp³-hybridized carbons (Fsp3) is 0.762. The first-order valence-electron chi connectivity index (χ1n) is 10.3. The highest BCUT2D eigenvalue weighted by molar-refractivity contribution is 5.84. The average Bonchev–Trinajstić information content (AvgIpc) is 3.12. The lowest BCUT2D eigenvalue weighted by Gasteiger charge is -2.18. The van der Waals surface area contributed by atoms with Gasteiger partial charge in [-0.15, -0.1) is 0 Å². The van der Waals surface area contributed by atoms with Crippen LogP contribution in [0.4, 0.5) is 0 Å². The minimum absolute atomic E-state index is 0.0368. The second kappa shape index (κ2) is 11.7. The fourth-order valence-electron chi connectivity index (χ4n) is 2.54. The van der Waals surface area contributed by atoms with E-state index < -0.39 is 0 Å². The quantitative estimate of drug-likeness (QED) is 0.471. The summed E-state index contributed by atoms with van der Waals surface area (Å²) in [5.74, 6) is 2.62. The van der Waals surface area contributed by atoms with Gasteiger partial charge in [0.15, 0.2) is 5.96 Å². The van der Waals surface area contributed by atoms with E-state index in [1.165, 1.54) is 19.3 Å². The van der Waals surface area contributed by atoms with Gasteiger partial charge in [0.2, 0.25) is 11.8 Å². The minimum atomic E-state index is -0.0772. The van der Waals surface area contributed by atoms with Gasteiger partial charge in [-0.05, 0) is 12.3 Å². The van der Waals surface area contributed by atoms with E-state index >= 15 is 0 Å². The van der Waals surface area contributed by atoms with E-state index in [1.54, 1.807) is 25.2 Å². The Kier molecular flexibility index (Phi) is 10.0. The minimum Gasteiger partial charge on any atom is -0.443 e. The first kappa shape index (κ1) is 24.0. The molecule has 1 rings (SSSR count). The molecule has 0 saturated carbocycles. The molecule has 0 radical (unpaired) electrons. The zero-order chi connectivity index (χ0) is 21.2. The van der Waals surface area contributed by atoms with E-state index in [9.17, 15) is 4.79 Å². The van der Waals surface area contributed by atoms with E-state index in [0.29, 0.717) is 24.3 Å². The van der Waals surface area contributed by atoms with Crippen molar-refractivity contribution in [3.8, 4) is 0 Å². The summed E-state index contributed by atoms with van der Waals surface area (Å²) in [7, 11) is 3.47. The molecule has 0 aliphatic carbocycles. The van der Waals surface area contributed by atoms with Crippen LogP contribution in [0.3, 0.4) is 0 Å². The maximum absolute atomic E-state index is 11.9. The Morgan fingerprint density at radius 1 is 1.29 bits per heavy atom. The summed E-state index contributed by atoms with van der Waals surface area (Å²) in [6, 6.07) is 0. The number of likely N-dealkylation sites (N-methyl/N-ethyl adjacent to an activating group) is 1. The number of oxazole rings is 1. The van der Waals surface area contributed by atoms with E-state index in [1.807, 2.05) is 0 Å². The normalized spacial score (nSPS) is 13.3. The molecule has 0 spiro atoms. The summed E-state index contributed by atoms with van der Waals surface area (Å²) in [6.45, 7) is 12.0. The van der Waals surface area contributed by atoms with Crippen molar-refractivity contribution in [2.24, 2.45) is 10.9 Å². The molecule has 0 fully saturated rings.